The zero-order valence-corrected chi connectivity index (χ0v) is 12.9. The molecule has 2 heteroatoms. The summed E-state index contributed by atoms with van der Waals surface area (Å²) < 4.78 is 0. The molecule has 0 saturated heterocycles. The van der Waals surface area contributed by atoms with E-state index in [1.807, 2.05) is 0 Å². The molecule has 0 nitrogen and oxygen atoms in total. The SMILES string of the molecule is CC(C)(C)c1ccc(CC[Si](C)(C)Cl)cc1. The molecule has 0 aliphatic heterocycles. The van der Waals surface area contributed by atoms with Crippen LogP contribution in [0.4, 0.5) is 0 Å². The molecule has 1 aromatic rings. The van der Waals surface area contributed by atoms with E-state index in [0.29, 0.717) is 0 Å². The van der Waals surface area contributed by atoms with Crippen molar-refractivity contribution in [3.05, 3.63) is 35.4 Å². The lowest BCUT2D eigenvalue weighted by Crippen LogP contribution is -2.16. The van der Waals surface area contributed by atoms with Crippen molar-refractivity contribution in [1.29, 1.82) is 0 Å². The molecule has 0 N–H and O–H groups in total. The van der Waals surface area contributed by atoms with Gasteiger partial charge in [-0.3, -0.25) is 0 Å². The first kappa shape index (κ1) is 13.8. The van der Waals surface area contributed by atoms with E-state index in [9.17, 15) is 0 Å². The summed E-state index contributed by atoms with van der Waals surface area (Å²) in [5.41, 5.74) is 3.06. The van der Waals surface area contributed by atoms with Crippen LogP contribution in [-0.4, -0.2) is 7.38 Å². The third kappa shape index (κ3) is 4.71. The van der Waals surface area contributed by atoms with Gasteiger partial charge in [-0.1, -0.05) is 58.1 Å². The van der Waals surface area contributed by atoms with Gasteiger partial charge >= 0.3 is 0 Å². The van der Waals surface area contributed by atoms with E-state index in [0.717, 1.165) is 12.5 Å². The molecule has 0 bridgehead atoms. The van der Waals surface area contributed by atoms with Crippen molar-refractivity contribution in [2.45, 2.75) is 51.7 Å². The van der Waals surface area contributed by atoms with Crippen LogP contribution in [0.25, 0.3) is 0 Å². The molecule has 0 atom stereocenters. The normalized spacial score (nSPS) is 12.9. The summed E-state index contributed by atoms with van der Waals surface area (Å²) >= 11 is 6.33. The maximum atomic E-state index is 6.33. The summed E-state index contributed by atoms with van der Waals surface area (Å²) in [5, 5.41) is 0. The van der Waals surface area contributed by atoms with E-state index in [1.165, 1.54) is 11.1 Å². The highest BCUT2D eigenvalue weighted by atomic mass is 35.6. The minimum absolute atomic E-state index is 0.249. The van der Waals surface area contributed by atoms with Crippen LogP contribution in [0.5, 0.6) is 0 Å². The molecule has 0 spiro atoms. The third-order valence-corrected chi connectivity index (χ3v) is 4.83. The lowest BCUT2D eigenvalue weighted by atomic mass is 9.86. The lowest BCUT2D eigenvalue weighted by molar-refractivity contribution is 0.590. The Morgan fingerprint density at radius 1 is 1.06 bits per heavy atom. The van der Waals surface area contributed by atoms with Crippen LogP contribution in [0.15, 0.2) is 24.3 Å². The smallest absolute Gasteiger partial charge is 0.150 e. The van der Waals surface area contributed by atoms with Crippen molar-refractivity contribution in [2.75, 3.05) is 0 Å². The standard InChI is InChI=1S/C14H23ClSi/c1-14(2,3)13-8-6-12(7-9-13)10-11-16(4,5)15/h6-9H,10-11H2,1-5H3. The van der Waals surface area contributed by atoms with Crippen molar-refractivity contribution >= 4 is 18.5 Å². The molecule has 0 radical (unpaired) electrons. The molecule has 16 heavy (non-hydrogen) atoms. The molecule has 0 amide bonds. The van der Waals surface area contributed by atoms with Crippen molar-refractivity contribution in [3.63, 3.8) is 0 Å². The zero-order valence-electron chi connectivity index (χ0n) is 11.1. The first-order valence-electron chi connectivity index (χ1n) is 5.97. The Labute approximate surface area is 106 Å². The Bertz CT molecular complexity index is 327. The number of halogens is 1. The first-order valence-corrected chi connectivity index (χ1v) is 10.2. The summed E-state index contributed by atoms with van der Waals surface area (Å²) in [5.74, 6) is 0. The Hall–Kier alpha value is -0.273. The van der Waals surface area contributed by atoms with Crippen LogP contribution in [0.1, 0.15) is 31.9 Å². The van der Waals surface area contributed by atoms with E-state index in [-0.39, 0.29) is 5.41 Å². The largest absolute Gasteiger partial charge is 0.168 e. The van der Waals surface area contributed by atoms with Gasteiger partial charge in [0.2, 0.25) is 0 Å². The fourth-order valence-corrected chi connectivity index (χ4v) is 2.78. The van der Waals surface area contributed by atoms with Gasteiger partial charge in [0.25, 0.3) is 0 Å². The van der Waals surface area contributed by atoms with Crippen LogP contribution >= 0.6 is 11.1 Å². The number of hydrogen-bond donors (Lipinski definition) is 0. The molecule has 0 unspecified atom stereocenters. The van der Waals surface area contributed by atoms with Crippen LogP contribution in [0.3, 0.4) is 0 Å². The maximum absolute atomic E-state index is 6.33. The Morgan fingerprint density at radius 3 is 1.94 bits per heavy atom. The first-order chi connectivity index (χ1) is 7.18. The van der Waals surface area contributed by atoms with Crippen LogP contribution in [0.2, 0.25) is 19.1 Å². The fourth-order valence-electron chi connectivity index (χ4n) is 1.61. The number of benzene rings is 1. The highest BCUT2D eigenvalue weighted by molar-refractivity contribution is 7.19. The van der Waals surface area contributed by atoms with Gasteiger partial charge in [0, 0.05) is 0 Å². The monoisotopic (exact) mass is 254 g/mol. The average Bonchev–Trinajstić information content (AvgIpc) is 2.13. The Kier molecular flexibility index (Phi) is 4.25. The molecule has 1 rings (SSSR count). The fraction of sp³-hybridized carbons (Fsp3) is 0.571. The van der Waals surface area contributed by atoms with E-state index in [1.54, 1.807) is 0 Å². The second kappa shape index (κ2) is 4.93. The maximum Gasteiger partial charge on any atom is 0.150 e. The average molecular weight is 255 g/mol. The molecular formula is C14H23ClSi. The van der Waals surface area contributed by atoms with Crippen LogP contribution in [-0.2, 0) is 11.8 Å². The predicted molar refractivity (Wildman–Crippen MR) is 77.0 cm³/mol. The van der Waals surface area contributed by atoms with E-state index >= 15 is 0 Å². The topological polar surface area (TPSA) is 0 Å². The quantitative estimate of drug-likeness (QED) is 0.528. The predicted octanol–water partition coefficient (Wildman–Crippen LogP) is 4.97. The van der Waals surface area contributed by atoms with E-state index in [4.69, 9.17) is 11.1 Å². The molecule has 0 aliphatic carbocycles. The van der Waals surface area contributed by atoms with Crippen molar-refractivity contribution in [1.82, 2.24) is 0 Å². The van der Waals surface area contributed by atoms with Gasteiger partial charge in [-0.25, -0.2) is 0 Å². The summed E-state index contributed by atoms with van der Waals surface area (Å²) in [6.07, 6.45) is 1.12. The van der Waals surface area contributed by atoms with Gasteiger partial charge in [-0.2, -0.15) is 11.1 Å². The highest BCUT2D eigenvalue weighted by Crippen LogP contribution is 2.23. The second-order valence-electron chi connectivity index (χ2n) is 6.17. The van der Waals surface area contributed by atoms with E-state index in [2.05, 4.69) is 58.1 Å². The van der Waals surface area contributed by atoms with Gasteiger partial charge in [0.15, 0.2) is 7.38 Å². The van der Waals surface area contributed by atoms with Gasteiger partial charge in [-0.05, 0) is 29.0 Å². The molecule has 90 valence electrons. The van der Waals surface area contributed by atoms with Gasteiger partial charge < -0.3 is 0 Å². The molecule has 0 aromatic heterocycles. The highest BCUT2D eigenvalue weighted by Gasteiger charge is 2.17. The van der Waals surface area contributed by atoms with Gasteiger partial charge in [-0.15, -0.1) is 0 Å². The van der Waals surface area contributed by atoms with Crippen molar-refractivity contribution < 1.29 is 0 Å². The molecule has 1 aromatic carbocycles. The number of hydrogen-bond acceptors (Lipinski definition) is 0. The molecular weight excluding hydrogens is 232 g/mol. The van der Waals surface area contributed by atoms with Gasteiger partial charge in [0.05, 0.1) is 0 Å². The van der Waals surface area contributed by atoms with Gasteiger partial charge in [0.1, 0.15) is 0 Å². The minimum atomic E-state index is -1.42. The number of aryl methyl sites for hydroxylation is 1. The molecule has 0 fully saturated rings. The Morgan fingerprint density at radius 2 is 1.56 bits per heavy atom. The summed E-state index contributed by atoms with van der Waals surface area (Å²) in [4.78, 5) is 0. The Balaban J connectivity index is 2.66. The second-order valence-corrected chi connectivity index (χ2v) is 13.2. The van der Waals surface area contributed by atoms with Crippen molar-refractivity contribution in [3.8, 4) is 0 Å². The van der Waals surface area contributed by atoms with Crippen LogP contribution < -0.4 is 0 Å². The van der Waals surface area contributed by atoms with Crippen LogP contribution in [0, 0.1) is 0 Å². The third-order valence-electron chi connectivity index (χ3n) is 2.83. The molecule has 0 aliphatic rings. The summed E-state index contributed by atoms with van der Waals surface area (Å²) in [6.45, 7) is 11.2. The van der Waals surface area contributed by atoms with Crippen molar-refractivity contribution in [2.24, 2.45) is 0 Å². The molecule has 0 saturated carbocycles. The number of rotatable bonds is 3. The summed E-state index contributed by atoms with van der Waals surface area (Å²) in [6, 6.07) is 10.1. The molecule has 0 heterocycles. The lowest BCUT2D eigenvalue weighted by Gasteiger charge is -2.19. The summed E-state index contributed by atoms with van der Waals surface area (Å²) in [7, 11) is -1.42. The zero-order chi connectivity index (χ0) is 12.4. The van der Waals surface area contributed by atoms with E-state index < -0.39 is 7.38 Å². The minimum Gasteiger partial charge on any atom is -0.168 e.